The van der Waals surface area contributed by atoms with Gasteiger partial charge in [0.25, 0.3) is 5.91 Å². The Balaban J connectivity index is 1.31. The number of carboxylic acid groups (broad SMARTS) is 1. The molecule has 7 nitrogen and oxygen atoms in total. The zero-order chi connectivity index (χ0) is 25.2. The molecule has 1 unspecified atom stereocenters. The highest BCUT2D eigenvalue weighted by molar-refractivity contribution is 6.04. The monoisotopic (exact) mass is 484 g/mol. The maximum absolute atomic E-state index is 13.4. The summed E-state index contributed by atoms with van der Waals surface area (Å²) in [7, 11) is 0. The molecule has 1 atom stereocenters. The van der Waals surface area contributed by atoms with Crippen LogP contribution < -0.4 is 14.4 Å². The van der Waals surface area contributed by atoms with Crippen molar-refractivity contribution >= 4 is 28.5 Å². The number of aliphatic carboxylic acids is 1. The standard InChI is InChI=1S/C29H28N2O5/c1-3-30-22(18-36-27-10-5-4-8-26(27)30)17-35-23-13-11-20(12-14-23)29(34)31-19(2)15-24-21(16-28(32)33)7-6-9-25(24)31/h4-15,22H,3,16-18H2,1-2H3,(H,32,33). The Morgan fingerprint density at radius 2 is 1.83 bits per heavy atom. The summed E-state index contributed by atoms with van der Waals surface area (Å²) in [5, 5.41) is 10.00. The Morgan fingerprint density at radius 1 is 1.06 bits per heavy atom. The molecule has 0 saturated carbocycles. The number of para-hydroxylation sites is 2. The van der Waals surface area contributed by atoms with Crippen molar-refractivity contribution in [2.24, 2.45) is 0 Å². The van der Waals surface area contributed by atoms with E-state index in [-0.39, 0.29) is 18.4 Å². The van der Waals surface area contributed by atoms with Crippen LogP contribution >= 0.6 is 0 Å². The molecule has 184 valence electrons. The van der Waals surface area contributed by atoms with Crippen LogP contribution in [0.2, 0.25) is 0 Å². The summed E-state index contributed by atoms with van der Waals surface area (Å²) in [4.78, 5) is 26.9. The Labute approximate surface area is 209 Å². The summed E-state index contributed by atoms with van der Waals surface area (Å²) >= 11 is 0. The molecule has 0 saturated heterocycles. The molecule has 36 heavy (non-hydrogen) atoms. The van der Waals surface area contributed by atoms with Gasteiger partial charge in [-0.2, -0.15) is 0 Å². The second-order valence-electron chi connectivity index (χ2n) is 8.90. The zero-order valence-corrected chi connectivity index (χ0v) is 20.3. The molecule has 2 heterocycles. The van der Waals surface area contributed by atoms with E-state index in [1.807, 2.05) is 37.3 Å². The molecule has 1 aliphatic heterocycles. The van der Waals surface area contributed by atoms with E-state index in [9.17, 15) is 14.7 Å². The van der Waals surface area contributed by atoms with E-state index in [2.05, 4.69) is 17.9 Å². The first kappa shape index (κ1) is 23.5. The van der Waals surface area contributed by atoms with Gasteiger partial charge in [-0.3, -0.25) is 14.2 Å². The summed E-state index contributed by atoms with van der Waals surface area (Å²) < 4.78 is 13.6. The topological polar surface area (TPSA) is 81.0 Å². The molecule has 4 aromatic rings. The van der Waals surface area contributed by atoms with Crippen molar-refractivity contribution in [2.45, 2.75) is 26.3 Å². The van der Waals surface area contributed by atoms with E-state index in [1.165, 1.54) is 0 Å². The van der Waals surface area contributed by atoms with Gasteiger partial charge in [0.05, 0.1) is 23.7 Å². The number of likely N-dealkylation sites (N-methyl/N-ethyl adjacent to an activating group) is 1. The number of fused-ring (bicyclic) bond motifs is 2. The summed E-state index contributed by atoms with van der Waals surface area (Å²) in [6.07, 6.45) is -0.0892. The number of carbonyl (C=O) groups is 2. The van der Waals surface area contributed by atoms with Crippen LogP contribution in [0, 0.1) is 6.92 Å². The molecule has 1 aromatic heterocycles. The molecule has 0 bridgehead atoms. The Morgan fingerprint density at radius 3 is 2.58 bits per heavy atom. The van der Waals surface area contributed by atoms with E-state index in [4.69, 9.17) is 9.47 Å². The number of carboxylic acids is 1. The number of nitrogens with zero attached hydrogens (tertiary/aromatic N) is 2. The molecule has 0 radical (unpaired) electrons. The molecule has 1 N–H and O–H groups in total. The SMILES string of the molecule is CCN1c2ccccc2OCC1COc1ccc(C(=O)n2c(C)cc3c(CC(=O)O)cccc32)cc1. The van der Waals surface area contributed by atoms with Crippen LogP contribution in [0.1, 0.15) is 28.5 Å². The Kier molecular flexibility index (Phi) is 6.38. The quantitative estimate of drug-likeness (QED) is 0.401. The van der Waals surface area contributed by atoms with E-state index < -0.39 is 5.97 Å². The lowest BCUT2D eigenvalue weighted by atomic mass is 10.1. The van der Waals surface area contributed by atoms with Crippen LogP contribution in [0.5, 0.6) is 11.5 Å². The highest BCUT2D eigenvalue weighted by Crippen LogP contribution is 2.33. The third-order valence-corrected chi connectivity index (χ3v) is 6.60. The summed E-state index contributed by atoms with van der Waals surface area (Å²) in [5.41, 5.74) is 3.74. The van der Waals surface area contributed by atoms with Crippen LogP contribution in [0.3, 0.4) is 0 Å². The highest BCUT2D eigenvalue weighted by Gasteiger charge is 2.27. The fraction of sp³-hybridized carbons (Fsp3) is 0.241. The van der Waals surface area contributed by atoms with Crippen LogP contribution in [0.4, 0.5) is 5.69 Å². The van der Waals surface area contributed by atoms with Gasteiger partial charge in [-0.05, 0) is 67.9 Å². The minimum Gasteiger partial charge on any atom is -0.491 e. The smallest absolute Gasteiger partial charge is 0.307 e. The molecule has 3 aromatic carbocycles. The number of anilines is 1. The average Bonchev–Trinajstić information content (AvgIpc) is 3.23. The summed E-state index contributed by atoms with van der Waals surface area (Å²) in [6, 6.07) is 22.5. The minimum atomic E-state index is -0.902. The number of benzene rings is 3. The fourth-order valence-electron chi connectivity index (χ4n) is 4.88. The number of ether oxygens (including phenoxy) is 2. The van der Waals surface area contributed by atoms with Crippen molar-refractivity contribution in [3.63, 3.8) is 0 Å². The predicted octanol–water partition coefficient (Wildman–Crippen LogP) is 4.93. The number of hydrogen-bond acceptors (Lipinski definition) is 5. The van der Waals surface area contributed by atoms with Gasteiger partial charge in [0.2, 0.25) is 0 Å². The van der Waals surface area contributed by atoms with Gasteiger partial charge in [-0.25, -0.2) is 0 Å². The lowest BCUT2D eigenvalue weighted by Gasteiger charge is -2.37. The number of aromatic nitrogens is 1. The van der Waals surface area contributed by atoms with Gasteiger partial charge in [0, 0.05) is 23.2 Å². The number of hydrogen-bond donors (Lipinski definition) is 1. The third kappa shape index (κ3) is 4.40. The van der Waals surface area contributed by atoms with Gasteiger partial charge in [0.15, 0.2) is 0 Å². The summed E-state index contributed by atoms with van der Waals surface area (Å²) in [6.45, 7) is 5.82. The first-order chi connectivity index (χ1) is 17.5. The van der Waals surface area contributed by atoms with E-state index >= 15 is 0 Å². The largest absolute Gasteiger partial charge is 0.491 e. The van der Waals surface area contributed by atoms with Crippen molar-refractivity contribution in [1.82, 2.24) is 4.57 Å². The predicted molar refractivity (Wildman–Crippen MR) is 138 cm³/mol. The number of aryl methyl sites for hydroxylation is 1. The molecule has 0 amide bonds. The van der Waals surface area contributed by atoms with Gasteiger partial charge >= 0.3 is 5.97 Å². The number of carbonyl (C=O) groups excluding carboxylic acids is 1. The second kappa shape index (κ2) is 9.77. The molecule has 0 spiro atoms. The van der Waals surface area contributed by atoms with E-state index in [0.717, 1.165) is 29.1 Å². The zero-order valence-electron chi connectivity index (χ0n) is 20.3. The Hall–Kier alpha value is -4.26. The third-order valence-electron chi connectivity index (χ3n) is 6.60. The molecular weight excluding hydrogens is 456 g/mol. The van der Waals surface area contributed by atoms with Crippen LogP contribution in [-0.2, 0) is 11.2 Å². The molecule has 5 rings (SSSR count). The minimum absolute atomic E-state index is 0.0834. The molecule has 7 heteroatoms. The van der Waals surface area contributed by atoms with Crippen molar-refractivity contribution < 1.29 is 24.2 Å². The summed E-state index contributed by atoms with van der Waals surface area (Å²) in [5.74, 6) is 0.498. The average molecular weight is 485 g/mol. The highest BCUT2D eigenvalue weighted by atomic mass is 16.5. The van der Waals surface area contributed by atoms with E-state index in [1.54, 1.807) is 41.0 Å². The van der Waals surface area contributed by atoms with Crippen LogP contribution in [0.25, 0.3) is 10.9 Å². The number of rotatable bonds is 7. The van der Waals surface area contributed by atoms with Gasteiger partial charge < -0.3 is 19.5 Å². The fourth-order valence-corrected chi connectivity index (χ4v) is 4.88. The van der Waals surface area contributed by atoms with Crippen molar-refractivity contribution in [2.75, 3.05) is 24.7 Å². The second-order valence-corrected chi connectivity index (χ2v) is 8.90. The lowest BCUT2D eigenvalue weighted by Crippen LogP contribution is -2.46. The molecule has 1 aliphatic rings. The van der Waals surface area contributed by atoms with Gasteiger partial charge in [-0.15, -0.1) is 0 Å². The van der Waals surface area contributed by atoms with Crippen LogP contribution in [-0.4, -0.2) is 47.4 Å². The van der Waals surface area contributed by atoms with E-state index in [0.29, 0.717) is 35.6 Å². The lowest BCUT2D eigenvalue weighted by molar-refractivity contribution is -0.136. The first-order valence-corrected chi connectivity index (χ1v) is 12.0. The normalized spacial score (nSPS) is 14.8. The first-order valence-electron chi connectivity index (χ1n) is 12.0. The molecular formula is C29H28N2O5. The van der Waals surface area contributed by atoms with Gasteiger partial charge in [0.1, 0.15) is 24.7 Å². The maximum atomic E-state index is 13.4. The molecule has 0 aliphatic carbocycles. The van der Waals surface area contributed by atoms with Crippen molar-refractivity contribution in [1.29, 1.82) is 0 Å². The Bertz CT molecular complexity index is 1420. The molecule has 0 fully saturated rings. The van der Waals surface area contributed by atoms with Crippen LogP contribution in [0.15, 0.2) is 72.8 Å². The van der Waals surface area contributed by atoms with Crippen molar-refractivity contribution in [3.8, 4) is 11.5 Å². The van der Waals surface area contributed by atoms with Crippen molar-refractivity contribution in [3.05, 3.63) is 89.6 Å². The maximum Gasteiger partial charge on any atom is 0.307 e. The van der Waals surface area contributed by atoms with Gasteiger partial charge in [-0.1, -0.05) is 24.3 Å².